The molecule has 0 spiro atoms. The number of nitrogens with one attached hydrogen (secondary N) is 1. The van der Waals surface area contributed by atoms with Crippen LogP contribution in [0.2, 0.25) is 0 Å². The number of nitrogen functional groups attached to an aromatic ring is 1. The number of ether oxygens (including phenoxy) is 1. The smallest absolute Gasteiger partial charge is 0.141 e. The van der Waals surface area contributed by atoms with Crippen molar-refractivity contribution in [1.82, 2.24) is 4.98 Å². The second-order valence-corrected chi connectivity index (χ2v) is 2.00. The van der Waals surface area contributed by atoms with Crippen LogP contribution in [0.4, 0.5) is 0 Å². The van der Waals surface area contributed by atoms with E-state index in [1.54, 1.807) is 19.2 Å². The number of hydrogen-bond donors (Lipinski definition) is 2. The van der Waals surface area contributed by atoms with E-state index in [-0.39, 0.29) is 13.3 Å². The van der Waals surface area contributed by atoms with Crippen molar-refractivity contribution in [2.45, 2.75) is 21.3 Å². The van der Waals surface area contributed by atoms with Crippen molar-refractivity contribution < 1.29 is 4.74 Å². The molecule has 0 unspecified atom stereocenters. The Hall–Kier alpha value is -1.58. The van der Waals surface area contributed by atoms with Gasteiger partial charge in [-0.25, -0.2) is 4.98 Å². The van der Waals surface area contributed by atoms with Crippen molar-refractivity contribution in [2.24, 2.45) is 5.73 Å². The standard InChI is InChI=1S/C7H9N3O.C2H6.CH4/c1-11-5-2-3-6(7(8)9)10-4-5;1-2;/h2-4H,1H3,(H3,8,9);1-2H3;1H4. The number of methoxy groups -OCH3 is 1. The van der Waals surface area contributed by atoms with E-state index in [1.165, 1.54) is 6.20 Å². The van der Waals surface area contributed by atoms with Gasteiger partial charge in [0.15, 0.2) is 0 Å². The van der Waals surface area contributed by atoms with Crippen LogP contribution < -0.4 is 10.5 Å². The van der Waals surface area contributed by atoms with Crippen LogP contribution >= 0.6 is 0 Å². The minimum absolute atomic E-state index is 0. The number of nitrogens with two attached hydrogens (primary N) is 1. The maximum Gasteiger partial charge on any atom is 0.141 e. The fraction of sp³-hybridized carbons (Fsp3) is 0.400. The summed E-state index contributed by atoms with van der Waals surface area (Å²) in [6.07, 6.45) is 1.52. The molecule has 0 bridgehead atoms. The van der Waals surface area contributed by atoms with Crippen LogP contribution in [0.5, 0.6) is 5.75 Å². The van der Waals surface area contributed by atoms with E-state index >= 15 is 0 Å². The highest BCUT2D eigenvalue weighted by atomic mass is 16.5. The summed E-state index contributed by atoms with van der Waals surface area (Å²) in [4.78, 5) is 3.87. The molecule has 0 saturated heterocycles. The van der Waals surface area contributed by atoms with Gasteiger partial charge >= 0.3 is 0 Å². The first-order valence-electron chi connectivity index (χ1n) is 4.08. The zero-order valence-corrected chi connectivity index (χ0v) is 8.16. The Bertz CT molecular complexity index is 257. The molecule has 0 fully saturated rings. The molecule has 1 aromatic heterocycles. The summed E-state index contributed by atoms with van der Waals surface area (Å²) < 4.78 is 4.88. The molecule has 80 valence electrons. The number of hydrogen-bond acceptors (Lipinski definition) is 3. The van der Waals surface area contributed by atoms with Crippen molar-refractivity contribution in [3.63, 3.8) is 0 Å². The number of nitrogens with zero attached hydrogens (tertiary/aromatic N) is 1. The predicted octanol–water partition coefficient (Wildman–Crippen LogP) is 2.04. The minimum Gasteiger partial charge on any atom is -0.495 e. The lowest BCUT2D eigenvalue weighted by Gasteiger charge is -1.99. The van der Waals surface area contributed by atoms with Crippen LogP contribution in [0.15, 0.2) is 18.3 Å². The summed E-state index contributed by atoms with van der Waals surface area (Å²) in [5.41, 5.74) is 5.65. The second kappa shape index (κ2) is 8.04. The van der Waals surface area contributed by atoms with Gasteiger partial charge in [-0.05, 0) is 12.1 Å². The molecule has 0 aliphatic rings. The van der Waals surface area contributed by atoms with Crippen molar-refractivity contribution in [3.05, 3.63) is 24.0 Å². The summed E-state index contributed by atoms with van der Waals surface area (Å²) >= 11 is 0. The normalized spacial score (nSPS) is 7.64. The number of pyridine rings is 1. The molecule has 14 heavy (non-hydrogen) atoms. The van der Waals surface area contributed by atoms with Gasteiger partial charge in [0.25, 0.3) is 0 Å². The van der Waals surface area contributed by atoms with Crippen molar-refractivity contribution >= 4 is 5.84 Å². The Morgan fingerprint density at radius 3 is 2.29 bits per heavy atom. The van der Waals surface area contributed by atoms with Gasteiger partial charge in [0.05, 0.1) is 13.3 Å². The molecule has 1 rings (SSSR count). The number of amidine groups is 1. The molecule has 1 heterocycles. The number of rotatable bonds is 2. The Kier molecular flexibility index (Phi) is 8.57. The van der Waals surface area contributed by atoms with Gasteiger partial charge < -0.3 is 10.5 Å². The van der Waals surface area contributed by atoms with E-state index in [1.807, 2.05) is 13.8 Å². The molecule has 0 amide bonds. The average molecular weight is 197 g/mol. The third-order valence-electron chi connectivity index (χ3n) is 1.25. The van der Waals surface area contributed by atoms with Gasteiger partial charge in [0, 0.05) is 0 Å². The van der Waals surface area contributed by atoms with Gasteiger partial charge in [-0.1, -0.05) is 21.3 Å². The predicted molar refractivity (Wildman–Crippen MR) is 59.9 cm³/mol. The molecule has 0 radical (unpaired) electrons. The lowest BCUT2D eigenvalue weighted by atomic mass is 10.3. The first-order valence-corrected chi connectivity index (χ1v) is 4.08. The van der Waals surface area contributed by atoms with Crippen molar-refractivity contribution in [2.75, 3.05) is 7.11 Å². The summed E-state index contributed by atoms with van der Waals surface area (Å²) in [6.45, 7) is 4.00. The van der Waals surface area contributed by atoms with E-state index in [9.17, 15) is 0 Å². The molecule has 0 saturated carbocycles. The van der Waals surface area contributed by atoms with Crippen LogP contribution in [-0.2, 0) is 0 Å². The Morgan fingerprint density at radius 1 is 1.43 bits per heavy atom. The molecule has 3 N–H and O–H groups in total. The maximum absolute atomic E-state index is 7.04. The quantitative estimate of drug-likeness (QED) is 0.563. The SMILES string of the molecule is C.CC.COc1ccc(C(=N)N)nc1. The third kappa shape index (κ3) is 4.45. The Morgan fingerprint density at radius 2 is 2.00 bits per heavy atom. The number of aromatic nitrogens is 1. The molecule has 0 aliphatic heterocycles. The summed E-state index contributed by atoms with van der Waals surface area (Å²) in [6, 6.07) is 3.35. The van der Waals surface area contributed by atoms with Crippen molar-refractivity contribution in [3.8, 4) is 5.75 Å². The van der Waals surface area contributed by atoms with E-state index in [0.29, 0.717) is 11.4 Å². The molecular weight excluding hydrogens is 178 g/mol. The first-order chi connectivity index (χ1) is 6.24. The fourth-order valence-corrected chi connectivity index (χ4v) is 0.660. The lowest BCUT2D eigenvalue weighted by molar-refractivity contribution is 0.413. The Balaban J connectivity index is 0. The summed E-state index contributed by atoms with van der Waals surface area (Å²) in [5.74, 6) is 0.627. The van der Waals surface area contributed by atoms with E-state index in [4.69, 9.17) is 15.9 Å². The Labute approximate surface area is 85.6 Å². The van der Waals surface area contributed by atoms with E-state index in [0.717, 1.165) is 0 Å². The molecule has 0 aliphatic carbocycles. The zero-order valence-electron chi connectivity index (χ0n) is 8.16. The molecule has 4 heteroatoms. The van der Waals surface area contributed by atoms with Gasteiger partial charge in [0.1, 0.15) is 17.3 Å². The summed E-state index contributed by atoms with van der Waals surface area (Å²) in [7, 11) is 1.56. The van der Waals surface area contributed by atoms with E-state index in [2.05, 4.69) is 4.98 Å². The van der Waals surface area contributed by atoms with Crippen molar-refractivity contribution in [1.29, 1.82) is 5.41 Å². The zero-order chi connectivity index (χ0) is 10.3. The molecule has 0 atom stereocenters. The lowest BCUT2D eigenvalue weighted by Crippen LogP contribution is -2.12. The van der Waals surface area contributed by atoms with E-state index < -0.39 is 0 Å². The van der Waals surface area contributed by atoms with Crippen LogP contribution in [0.25, 0.3) is 0 Å². The van der Waals surface area contributed by atoms with Crippen LogP contribution in [0.3, 0.4) is 0 Å². The molecule has 1 aromatic rings. The highest BCUT2D eigenvalue weighted by Crippen LogP contribution is 2.06. The van der Waals surface area contributed by atoms with Crippen LogP contribution in [0.1, 0.15) is 27.0 Å². The monoisotopic (exact) mass is 197 g/mol. The highest BCUT2D eigenvalue weighted by molar-refractivity contribution is 5.92. The van der Waals surface area contributed by atoms with Gasteiger partial charge in [-0.15, -0.1) is 0 Å². The van der Waals surface area contributed by atoms with Gasteiger partial charge in [-0.2, -0.15) is 0 Å². The topological polar surface area (TPSA) is 72.0 Å². The highest BCUT2D eigenvalue weighted by Gasteiger charge is 1.96. The summed E-state index contributed by atoms with van der Waals surface area (Å²) in [5, 5.41) is 7.04. The second-order valence-electron chi connectivity index (χ2n) is 2.00. The minimum atomic E-state index is -0.0346. The van der Waals surface area contributed by atoms with Crippen LogP contribution in [-0.4, -0.2) is 17.9 Å². The molecule has 4 nitrogen and oxygen atoms in total. The third-order valence-corrected chi connectivity index (χ3v) is 1.25. The maximum atomic E-state index is 7.04. The average Bonchev–Trinajstić information content (AvgIpc) is 2.21. The van der Waals surface area contributed by atoms with Gasteiger partial charge in [-0.3, -0.25) is 5.41 Å². The molecule has 0 aromatic carbocycles. The van der Waals surface area contributed by atoms with Gasteiger partial charge in [0.2, 0.25) is 0 Å². The van der Waals surface area contributed by atoms with Crippen LogP contribution in [0, 0.1) is 5.41 Å². The fourth-order valence-electron chi connectivity index (χ4n) is 0.660. The molecular formula is C10H19N3O. The largest absolute Gasteiger partial charge is 0.495 e. The first kappa shape index (κ1) is 14.9.